The summed E-state index contributed by atoms with van der Waals surface area (Å²) in [6.07, 6.45) is 3.80. The van der Waals surface area contributed by atoms with E-state index in [9.17, 15) is 14.4 Å². The fourth-order valence-electron chi connectivity index (χ4n) is 6.18. The van der Waals surface area contributed by atoms with Gasteiger partial charge in [-0.3, -0.25) is 19.0 Å². The first-order valence-electron chi connectivity index (χ1n) is 15.2. The summed E-state index contributed by atoms with van der Waals surface area (Å²) >= 11 is 1.29. The molecule has 0 aliphatic carbocycles. The van der Waals surface area contributed by atoms with E-state index in [2.05, 4.69) is 0 Å². The van der Waals surface area contributed by atoms with Gasteiger partial charge in [0, 0.05) is 54.4 Å². The van der Waals surface area contributed by atoms with E-state index in [1.807, 2.05) is 91.0 Å². The van der Waals surface area contributed by atoms with Crippen molar-refractivity contribution in [3.8, 4) is 5.75 Å². The number of rotatable bonds is 8. The first-order chi connectivity index (χ1) is 21.9. The number of para-hydroxylation sites is 2. The zero-order valence-corrected chi connectivity index (χ0v) is 26.8. The number of thiazole rings is 1. The van der Waals surface area contributed by atoms with Crippen molar-refractivity contribution in [3.05, 3.63) is 96.8 Å². The number of methoxy groups -OCH3 is 1. The predicted octanol–water partition coefficient (Wildman–Crippen LogP) is 2.93. The molecule has 2 amide bonds. The molecule has 2 aromatic heterocycles. The van der Waals surface area contributed by atoms with Crippen LogP contribution in [0.4, 0.5) is 0 Å². The van der Waals surface area contributed by atoms with E-state index in [-0.39, 0.29) is 23.9 Å². The lowest BCUT2D eigenvalue weighted by molar-refractivity contribution is -0.135. The van der Waals surface area contributed by atoms with Crippen LogP contribution in [0.5, 0.6) is 5.75 Å². The summed E-state index contributed by atoms with van der Waals surface area (Å²) in [5, 5.41) is 0.938. The van der Waals surface area contributed by atoms with Crippen LogP contribution in [0.2, 0.25) is 0 Å². The lowest BCUT2D eigenvalue weighted by Crippen LogP contribution is -2.43. The number of amides is 2. The Morgan fingerprint density at radius 2 is 1.80 bits per heavy atom. The van der Waals surface area contributed by atoms with Crippen molar-refractivity contribution in [3.63, 3.8) is 0 Å². The van der Waals surface area contributed by atoms with E-state index in [1.54, 1.807) is 16.6 Å². The van der Waals surface area contributed by atoms with E-state index in [0.29, 0.717) is 65.7 Å². The summed E-state index contributed by atoms with van der Waals surface area (Å²) in [6, 6.07) is 14.7. The smallest absolute Gasteiger partial charge is 0.271 e. The minimum absolute atomic E-state index is 0.0302. The molecular weight excluding hydrogens is 590 g/mol. The van der Waals surface area contributed by atoms with Crippen molar-refractivity contribution in [2.45, 2.75) is 33.4 Å². The number of hydrogen-bond donors (Lipinski definition) is 0. The van der Waals surface area contributed by atoms with E-state index in [0.717, 1.165) is 22.0 Å². The molecule has 11 heteroatoms. The zero-order valence-electron chi connectivity index (χ0n) is 26.0. The Morgan fingerprint density at radius 1 is 1.09 bits per heavy atom. The molecule has 1 atom stereocenters. The molecule has 0 saturated carbocycles. The first kappa shape index (κ1) is 30.5. The van der Waals surface area contributed by atoms with Gasteiger partial charge in [0.1, 0.15) is 18.3 Å². The van der Waals surface area contributed by atoms with Crippen molar-refractivity contribution in [2.75, 3.05) is 46.5 Å². The lowest BCUT2D eigenvalue weighted by Gasteiger charge is -2.29. The highest BCUT2D eigenvalue weighted by Crippen LogP contribution is 2.36. The van der Waals surface area contributed by atoms with Crippen LogP contribution in [0.25, 0.3) is 17.0 Å². The summed E-state index contributed by atoms with van der Waals surface area (Å²) in [7, 11) is 1.59. The summed E-state index contributed by atoms with van der Waals surface area (Å²) in [6.45, 7) is 9.22. The Balaban J connectivity index is 1.49. The van der Waals surface area contributed by atoms with Gasteiger partial charge in [-0.1, -0.05) is 47.7 Å². The first-order valence-corrected chi connectivity index (χ1v) is 16.1. The van der Waals surface area contributed by atoms with Gasteiger partial charge in [0.25, 0.3) is 11.5 Å². The fraction of sp³-hybridized carbons (Fsp3) is 0.353. The molecule has 2 aliphatic heterocycles. The van der Waals surface area contributed by atoms with Crippen LogP contribution in [-0.4, -0.2) is 77.3 Å². The topological polar surface area (TPSA) is 98.4 Å². The predicted molar refractivity (Wildman–Crippen MR) is 174 cm³/mol. The monoisotopic (exact) mass is 627 g/mol. The van der Waals surface area contributed by atoms with Gasteiger partial charge < -0.3 is 23.8 Å². The van der Waals surface area contributed by atoms with E-state index in [4.69, 9.17) is 14.5 Å². The molecule has 0 radical (unpaired) electrons. The maximum Gasteiger partial charge on any atom is 0.271 e. The molecule has 2 aromatic carbocycles. The van der Waals surface area contributed by atoms with Crippen LogP contribution in [0, 0.1) is 0 Å². The van der Waals surface area contributed by atoms with Crippen molar-refractivity contribution in [1.82, 2.24) is 18.9 Å². The number of carbonyl (C=O) groups is 2. The largest absolute Gasteiger partial charge is 0.496 e. The molecule has 10 nitrogen and oxygen atoms in total. The Hall–Kier alpha value is -4.48. The van der Waals surface area contributed by atoms with E-state index >= 15 is 0 Å². The van der Waals surface area contributed by atoms with Gasteiger partial charge in [0.15, 0.2) is 4.80 Å². The molecule has 0 spiro atoms. The number of likely N-dealkylation sites (N-methyl/N-ethyl adjacent to an activating group) is 1. The zero-order chi connectivity index (χ0) is 31.7. The second-order valence-electron chi connectivity index (χ2n) is 11.0. The Morgan fingerprint density at radius 3 is 2.53 bits per heavy atom. The number of carbonyl (C=O) groups excluding carboxylic acids is 2. The van der Waals surface area contributed by atoms with Crippen LogP contribution in [0.15, 0.2) is 75.8 Å². The van der Waals surface area contributed by atoms with Gasteiger partial charge in [-0.05, 0) is 39.0 Å². The SMILES string of the molecule is CCN(CC)C(=O)C1=C(C)N=c2s/c(=C\c3cn(CC(=O)N4CCOCC4)c4ccccc34)c(=O)n2[C@@H]1c1ccccc1OC. The molecule has 4 aromatic rings. The lowest BCUT2D eigenvalue weighted by atomic mass is 9.94. The Bertz CT molecular complexity index is 1980. The number of allylic oxidation sites excluding steroid dienone is 1. The van der Waals surface area contributed by atoms with Crippen molar-refractivity contribution in [1.29, 1.82) is 0 Å². The summed E-state index contributed by atoms with van der Waals surface area (Å²) in [5.41, 5.74) is 3.25. The molecule has 0 bridgehead atoms. The van der Waals surface area contributed by atoms with Crippen LogP contribution in [0.3, 0.4) is 0 Å². The maximum absolute atomic E-state index is 14.3. The number of ether oxygens (including phenoxy) is 2. The third-order valence-electron chi connectivity index (χ3n) is 8.51. The quantitative estimate of drug-likeness (QED) is 0.299. The molecule has 1 fully saturated rings. The number of morpholine rings is 1. The molecule has 45 heavy (non-hydrogen) atoms. The van der Waals surface area contributed by atoms with Crippen LogP contribution >= 0.6 is 11.3 Å². The van der Waals surface area contributed by atoms with Gasteiger partial charge >= 0.3 is 0 Å². The van der Waals surface area contributed by atoms with Crippen LogP contribution in [0.1, 0.15) is 37.9 Å². The highest BCUT2D eigenvalue weighted by Gasteiger charge is 2.35. The number of nitrogens with zero attached hydrogens (tertiary/aromatic N) is 5. The second-order valence-corrected chi connectivity index (χ2v) is 12.0. The van der Waals surface area contributed by atoms with Gasteiger partial charge in [-0.2, -0.15) is 0 Å². The average Bonchev–Trinajstić information content (AvgIpc) is 3.57. The molecule has 1 saturated heterocycles. The number of benzene rings is 2. The molecule has 2 aliphatic rings. The Labute approximate surface area is 265 Å². The normalized spacial score (nSPS) is 16.9. The maximum atomic E-state index is 14.3. The van der Waals surface area contributed by atoms with Gasteiger partial charge in [-0.25, -0.2) is 4.99 Å². The second kappa shape index (κ2) is 12.9. The minimum Gasteiger partial charge on any atom is -0.496 e. The van der Waals surface area contributed by atoms with E-state index < -0.39 is 6.04 Å². The molecular formula is C34H37N5O5S. The summed E-state index contributed by atoms with van der Waals surface area (Å²) in [4.78, 5) is 50.3. The number of fused-ring (bicyclic) bond motifs is 2. The summed E-state index contributed by atoms with van der Waals surface area (Å²) in [5.74, 6) is 0.465. The molecule has 6 rings (SSSR count). The van der Waals surface area contributed by atoms with Gasteiger partial charge in [-0.15, -0.1) is 0 Å². The van der Waals surface area contributed by atoms with Crippen molar-refractivity contribution in [2.24, 2.45) is 4.99 Å². The summed E-state index contributed by atoms with van der Waals surface area (Å²) < 4.78 is 15.2. The molecule has 4 heterocycles. The van der Waals surface area contributed by atoms with Crippen molar-refractivity contribution < 1.29 is 19.1 Å². The van der Waals surface area contributed by atoms with Gasteiger partial charge in [0.2, 0.25) is 5.91 Å². The Kier molecular flexibility index (Phi) is 8.73. The number of hydrogen-bond acceptors (Lipinski definition) is 7. The van der Waals surface area contributed by atoms with Gasteiger partial charge in [0.05, 0.1) is 36.1 Å². The standard InChI is InChI=1S/C34H37N5O5S/c1-5-36(6-2)33(42)30-22(3)35-34-39(31(30)25-12-8-10-14-27(25)43-4)32(41)28(45-34)19-23-20-38(26-13-9-7-11-24(23)26)21-29(40)37-15-17-44-18-16-37/h7-14,19-20,31H,5-6,15-18,21H2,1-4H3/b28-19-/t31-/m1/s1. The highest BCUT2D eigenvalue weighted by molar-refractivity contribution is 7.07. The van der Waals surface area contributed by atoms with Crippen LogP contribution in [-0.2, 0) is 20.9 Å². The molecule has 234 valence electrons. The highest BCUT2D eigenvalue weighted by atomic mass is 32.1. The molecule has 0 N–H and O–H groups in total. The third kappa shape index (κ3) is 5.62. The fourth-order valence-corrected chi connectivity index (χ4v) is 7.22. The van der Waals surface area contributed by atoms with Crippen LogP contribution < -0.4 is 19.6 Å². The average molecular weight is 628 g/mol. The van der Waals surface area contributed by atoms with Crippen molar-refractivity contribution >= 4 is 40.1 Å². The number of aromatic nitrogens is 2. The van der Waals surface area contributed by atoms with E-state index in [1.165, 1.54) is 11.3 Å². The third-order valence-corrected chi connectivity index (χ3v) is 9.49. The minimum atomic E-state index is -0.708. The molecule has 0 unspecified atom stereocenters.